The van der Waals surface area contributed by atoms with Gasteiger partial charge in [-0.3, -0.25) is 4.79 Å². The molecule has 1 aliphatic rings. The van der Waals surface area contributed by atoms with Crippen LogP contribution in [0.3, 0.4) is 0 Å². The lowest BCUT2D eigenvalue weighted by atomic mass is 9.99. The van der Waals surface area contributed by atoms with Crippen molar-refractivity contribution in [1.29, 1.82) is 0 Å². The third-order valence-electron chi connectivity index (χ3n) is 2.01. The van der Waals surface area contributed by atoms with Crippen molar-refractivity contribution in [2.24, 2.45) is 5.92 Å². The minimum atomic E-state index is 0.165. The number of piperidine rings is 1. The Bertz CT molecular complexity index is 157. The number of carbonyl (C=O) groups is 1. The molecule has 0 saturated carbocycles. The molecular formula is C9H17NO2. The maximum Gasteiger partial charge on any atom is 0.220 e. The van der Waals surface area contributed by atoms with Crippen molar-refractivity contribution in [3.05, 3.63) is 0 Å². The van der Waals surface area contributed by atoms with E-state index in [0.29, 0.717) is 12.3 Å². The summed E-state index contributed by atoms with van der Waals surface area (Å²) in [4.78, 5) is 11.0. The van der Waals surface area contributed by atoms with Crippen molar-refractivity contribution >= 4 is 5.91 Å². The van der Waals surface area contributed by atoms with Gasteiger partial charge in [-0.15, -0.1) is 0 Å². The fourth-order valence-electron chi connectivity index (χ4n) is 1.32. The summed E-state index contributed by atoms with van der Waals surface area (Å²) < 4.78 is 5.45. The molecule has 1 heterocycles. The maximum atomic E-state index is 11.0. The van der Waals surface area contributed by atoms with Gasteiger partial charge in [0.2, 0.25) is 5.91 Å². The second kappa shape index (κ2) is 4.45. The monoisotopic (exact) mass is 171 g/mol. The molecule has 0 spiro atoms. The molecule has 3 heteroatoms. The number of carbonyl (C=O) groups excluding carboxylic acids is 1. The highest BCUT2D eigenvalue weighted by Crippen LogP contribution is 2.13. The summed E-state index contributed by atoms with van der Waals surface area (Å²) in [6.45, 7) is 5.57. The van der Waals surface area contributed by atoms with Gasteiger partial charge in [0.25, 0.3) is 0 Å². The molecule has 1 fully saturated rings. The van der Waals surface area contributed by atoms with Gasteiger partial charge in [-0.25, -0.2) is 0 Å². The molecule has 3 nitrogen and oxygen atoms in total. The highest BCUT2D eigenvalue weighted by molar-refractivity contribution is 5.76. The molecule has 0 bridgehead atoms. The van der Waals surface area contributed by atoms with E-state index in [1.165, 1.54) is 0 Å². The lowest BCUT2D eigenvalue weighted by Gasteiger charge is -2.22. The van der Waals surface area contributed by atoms with Crippen LogP contribution in [-0.2, 0) is 9.53 Å². The van der Waals surface area contributed by atoms with E-state index in [0.717, 1.165) is 19.6 Å². The fourth-order valence-corrected chi connectivity index (χ4v) is 1.32. The molecule has 1 aliphatic heterocycles. The van der Waals surface area contributed by atoms with Crippen LogP contribution < -0.4 is 5.32 Å². The quantitative estimate of drug-likeness (QED) is 0.686. The SMILES string of the molecule is CC(C)OCC1CCNC(=O)C1. The van der Waals surface area contributed by atoms with Gasteiger partial charge in [0, 0.05) is 13.0 Å². The van der Waals surface area contributed by atoms with Crippen molar-refractivity contribution in [2.45, 2.75) is 32.8 Å². The molecule has 0 radical (unpaired) electrons. The van der Waals surface area contributed by atoms with Crippen LogP contribution in [0.2, 0.25) is 0 Å². The smallest absolute Gasteiger partial charge is 0.220 e. The Morgan fingerprint density at radius 2 is 2.42 bits per heavy atom. The predicted octanol–water partition coefficient (Wildman–Crippen LogP) is 0.938. The number of hydrogen-bond donors (Lipinski definition) is 1. The molecule has 1 atom stereocenters. The molecule has 0 aliphatic carbocycles. The topological polar surface area (TPSA) is 38.3 Å². The Hall–Kier alpha value is -0.570. The van der Waals surface area contributed by atoms with Crippen LogP contribution in [-0.4, -0.2) is 25.2 Å². The highest BCUT2D eigenvalue weighted by Gasteiger charge is 2.18. The summed E-state index contributed by atoms with van der Waals surface area (Å²) in [5, 5.41) is 2.81. The molecule has 12 heavy (non-hydrogen) atoms. The van der Waals surface area contributed by atoms with Crippen molar-refractivity contribution in [2.75, 3.05) is 13.2 Å². The minimum absolute atomic E-state index is 0.165. The second-order valence-electron chi connectivity index (χ2n) is 3.59. The average molecular weight is 171 g/mol. The normalized spacial score (nSPS) is 24.2. The van der Waals surface area contributed by atoms with Crippen molar-refractivity contribution in [3.8, 4) is 0 Å². The van der Waals surface area contributed by atoms with Gasteiger partial charge in [-0.1, -0.05) is 0 Å². The predicted molar refractivity (Wildman–Crippen MR) is 46.8 cm³/mol. The Kier molecular flexibility index (Phi) is 3.53. The minimum Gasteiger partial charge on any atom is -0.378 e. The molecule has 0 aromatic carbocycles. The van der Waals surface area contributed by atoms with Gasteiger partial charge in [0.05, 0.1) is 12.7 Å². The van der Waals surface area contributed by atoms with Crippen LogP contribution in [0.1, 0.15) is 26.7 Å². The van der Waals surface area contributed by atoms with E-state index in [1.807, 2.05) is 13.8 Å². The first-order chi connectivity index (χ1) is 5.68. The first kappa shape index (κ1) is 9.52. The lowest BCUT2D eigenvalue weighted by Crippen LogP contribution is -2.35. The zero-order valence-corrected chi connectivity index (χ0v) is 7.80. The standard InChI is InChI=1S/C9H17NO2/c1-7(2)12-6-8-3-4-10-9(11)5-8/h7-8H,3-6H2,1-2H3,(H,10,11). The van der Waals surface area contributed by atoms with Gasteiger partial charge in [-0.2, -0.15) is 0 Å². The van der Waals surface area contributed by atoms with Crippen LogP contribution in [0.4, 0.5) is 0 Å². The van der Waals surface area contributed by atoms with E-state index in [2.05, 4.69) is 5.32 Å². The van der Waals surface area contributed by atoms with Crippen LogP contribution in [0.15, 0.2) is 0 Å². The van der Waals surface area contributed by atoms with E-state index in [1.54, 1.807) is 0 Å². The Morgan fingerprint density at radius 3 is 3.00 bits per heavy atom. The Labute approximate surface area is 73.5 Å². The van der Waals surface area contributed by atoms with Crippen molar-refractivity contribution < 1.29 is 9.53 Å². The largest absolute Gasteiger partial charge is 0.378 e. The molecule has 1 unspecified atom stereocenters. The molecular weight excluding hydrogens is 154 g/mol. The second-order valence-corrected chi connectivity index (χ2v) is 3.59. The third kappa shape index (κ3) is 3.22. The van der Waals surface area contributed by atoms with Crippen molar-refractivity contribution in [1.82, 2.24) is 5.32 Å². The number of nitrogens with one attached hydrogen (secondary N) is 1. The summed E-state index contributed by atoms with van der Waals surface area (Å²) >= 11 is 0. The van der Waals surface area contributed by atoms with Gasteiger partial charge in [0.15, 0.2) is 0 Å². The number of hydrogen-bond acceptors (Lipinski definition) is 2. The Balaban J connectivity index is 2.18. The van der Waals surface area contributed by atoms with Crippen LogP contribution in [0, 0.1) is 5.92 Å². The highest BCUT2D eigenvalue weighted by atomic mass is 16.5. The van der Waals surface area contributed by atoms with E-state index in [-0.39, 0.29) is 12.0 Å². The number of amides is 1. The summed E-state index contributed by atoms with van der Waals surface area (Å²) in [6, 6.07) is 0. The molecule has 1 saturated heterocycles. The van der Waals surface area contributed by atoms with Crippen LogP contribution in [0.5, 0.6) is 0 Å². The number of ether oxygens (including phenoxy) is 1. The van der Waals surface area contributed by atoms with Crippen LogP contribution >= 0.6 is 0 Å². The van der Waals surface area contributed by atoms with E-state index < -0.39 is 0 Å². The third-order valence-corrected chi connectivity index (χ3v) is 2.01. The van der Waals surface area contributed by atoms with Crippen molar-refractivity contribution in [3.63, 3.8) is 0 Å². The Morgan fingerprint density at radius 1 is 1.67 bits per heavy atom. The first-order valence-electron chi connectivity index (χ1n) is 4.57. The molecule has 1 N–H and O–H groups in total. The summed E-state index contributed by atoms with van der Waals surface area (Å²) in [5.41, 5.74) is 0. The van der Waals surface area contributed by atoms with Crippen LogP contribution in [0.25, 0.3) is 0 Å². The zero-order valence-electron chi connectivity index (χ0n) is 7.80. The van der Waals surface area contributed by atoms with Gasteiger partial charge in [-0.05, 0) is 26.2 Å². The molecule has 0 aromatic rings. The first-order valence-corrected chi connectivity index (χ1v) is 4.57. The fraction of sp³-hybridized carbons (Fsp3) is 0.889. The molecule has 1 rings (SSSR count). The summed E-state index contributed by atoms with van der Waals surface area (Å²) in [5.74, 6) is 0.597. The summed E-state index contributed by atoms with van der Waals surface area (Å²) in [7, 11) is 0. The molecule has 70 valence electrons. The van der Waals surface area contributed by atoms with Gasteiger partial charge >= 0.3 is 0 Å². The molecule has 1 amide bonds. The van der Waals surface area contributed by atoms with E-state index >= 15 is 0 Å². The molecule has 0 aromatic heterocycles. The number of rotatable bonds is 3. The van der Waals surface area contributed by atoms with Gasteiger partial charge < -0.3 is 10.1 Å². The summed E-state index contributed by atoms with van der Waals surface area (Å²) in [6.07, 6.45) is 1.96. The van der Waals surface area contributed by atoms with E-state index in [9.17, 15) is 4.79 Å². The van der Waals surface area contributed by atoms with E-state index in [4.69, 9.17) is 4.74 Å². The average Bonchev–Trinajstić information content (AvgIpc) is 2.01. The lowest BCUT2D eigenvalue weighted by molar-refractivity contribution is -0.124. The maximum absolute atomic E-state index is 11.0. The zero-order chi connectivity index (χ0) is 8.97. The van der Waals surface area contributed by atoms with Gasteiger partial charge in [0.1, 0.15) is 0 Å².